The van der Waals surface area contributed by atoms with Crippen LogP contribution in [0, 0.1) is 6.92 Å². The number of aryl methyl sites for hydroxylation is 2. The smallest absolute Gasteiger partial charge is 0.275 e. The Morgan fingerprint density at radius 1 is 1.32 bits per heavy atom. The normalized spacial score (nSPS) is 11.9. The Hall–Kier alpha value is -3.07. The van der Waals surface area contributed by atoms with Gasteiger partial charge in [-0.15, -0.1) is 0 Å². The Morgan fingerprint density at radius 2 is 2.07 bits per heavy atom. The minimum atomic E-state index is -0.520. The number of hydrogen-bond acceptors (Lipinski definition) is 7. The topological polar surface area (TPSA) is 116 Å². The van der Waals surface area contributed by atoms with Crippen molar-refractivity contribution in [3.05, 3.63) is 64.1 Å². The number of thioether (sulfide) groups is 1. The van der Waals surface area contributed by atoms with E-state index in [1.807, 2.05) is 30.3 Å². The second-order valence-corrected chi connectivity index (χ2v) is 7.57. The SMILES string of the molecule is Cc1cc(NC(=O)[C@H](C)Sc2nc(=O)cc(N)n2CCc2ccccc2)no1. The summed E-state index contributed by atoms with van der Waals surface area (Å²) in [6.45, 7) is 4.01. The maximum absolute atomic E-state index is 12.4. The molecule has 9 heteroatoms. The highest BCUT2D eigenvalue weighted by Gasteiger charge is 2.19. The van der Waals surface area contributed by atoms with Gasteiger partial charge < -0.3 is 20.1 Å². The molecule has 8 nitrogen and oxygen atoms in total. The van der Waals surface area contributed by atoms with Gasteiger partial charge in [-0.05, 0) is 25.8 Å². The van der Waals surface area contributed by atoms with E-state index in [0.717, 1.165) is 12.0 Å². The summed E-state index contributed by atoms with van der Waals surface area (Å²) in [4.78, 5) is 28.3. The number of nitrogen functional groups attached to an aromatic ring is 1. The van der Waals surface area contributed by atoms with Crippen molar-refractivity contribution in [1.82, 2.24) is 14.7 Å². The van der Waals surface area contributed by atoms with Crippen molar-refractivity contribution in [2.45, 2.75) is 37.2 Å². The molecule has 0 spiro atoms. The van der Waals surface area contributed by atoms with Gasteiger partial charge in [0.05, 0.1) is 5.25 Å². The van der Waals surface area contributed by atoms with Crippen LogP contribution in [-0.2, 0) is 17.8 Å². The third kappa shape index (κ3) is 5.01. The molecular formula is C19H21N5O3S. The van der Waals surface area contributed by atoms with Crippen molar-refractivity contribution in [3.8, 4) is 0 Å². The van der Waals surface area contributed by atoms with Crippen LogP contribution < -0.4 is 16.6 Å². The van der Waals surface area contributed by atoms with E-state index in [9.17, 15) is 9.59 Å². The van der Waals surface area contributed by atoms with Crippen molar-refractivity contribution in [2.75, 3.05) is 11.1 Å². The predicted octanol–water partition coefficient (Wildman–Crippen LogP) is 2.48. The molecule has 0 unspecified atom stereocenters. The fourth-order valence-electron chi connectivity index (χ4n) is 2.57. The third-order valence-corrected chi connectivity index (χ3v) is 5.11. The largest absolute Gasteiger partial charge is 0.385 e. The zero-order valence-corrected chi connectivity index (χ0v) is 16.4. The van der Waals surface area contributed by atoms with Crippen molar-refractivity contribution >= 4 is 29.3 Å². The van der Waals surface area contributed by atoms with Crippen LogP contribution in [0.1, 0.15) is 18.2 Å². The first kappa shape index (κ1) is 19.7. The molecule has 2 heterocycles. The van der Waals surface area contributed by atoms with Crippen LogP contribution in [0.15, 0.2) is 56.9 Å². The molecule has 0 aliphatic carbocycles. The number of aromatic nitrogens is 3. The number of carbonyl (C=O) groups is 1. The van der Waals surface area contributed by atoms with Crippen molar-refractivity contribution in [1.29, 1.82) is 0 Å². The standard InChI is InChI=1S/C19H21N5O3S/c1-12-10-16(23-27-12)21-18(26)13(2)28-19-22-17(25)11-15(20)24(19)9-8-14-6-4-3-5-7-14/h3-7,10-11,13H,8-9,20H2,1-2H3,(H,21,23,26)/t13-/m0/s1. The quantitative estimate of drug-likeness (QED) is 0.463. The molecule has 0 bridgehead atoms. The van der Waals surface area contributed by atoms with Crippen LogP contribution in [0.25, 0.3) is 0 Å². The number of nitrogens with one attached hydrogen (secondary N) is 1. The van der Waals surface area contributed by atoms with Crippen LogP contribution in [0.3, 0.4) is 0 Å². The Balaban J connectivity index is 1.74. The lowest BCUT2D eigenvalue weighted by molar-refractivity contribution is -0.115. The molecule has 1 aromatic carbocycles. The summed E-state index contributed by atoms with van der Waals surface area (Å²) in [7, 11) is 0. The van der Waals surface area contributed by atoms with Crippen LogP contribution in [0.2, 0.25) is 0 Å². The molecule has 3 N–H and O–H groups in total. The first-order valence-electron chi connectivity index (χ1n) is 8.74. The highest BCUT2D eigenvalue weighted by Crippen LogP contribution is 2.24. The van der Waals surface area contributed by atoms with Gasteiger partial charge >= 0.3 is 0 Å². The number of anilines is 2. The van der Waals surface area contributed by atoms with Gasteiger partial charge in [0.25, 0.3) is 5.56 Å². The van der Waals surface area contributed by atoms with E-state index in [1.54, 1.807) is 24.5 Å². The molecule has 0 saturated carbocycles. The summed E-state index contributed by atoms with van der Waals surface area (Å²) >= 11 is 1.17. The maximum Gasteiger partial charge on any atom is 0.275 e. The van der Waals surface area contributed by atoms with E-state index >= 15 is 0 Å². The Bertz CT molecular complexity index is 1020. The highest BCUT2D eigenvalue weighted by atomic mass is 32.2. The van der Waals surface area contributed by atoms with Gasteiger partial charge in [-0.3, -0.25) is 9.59 Å². The predicted molar refractivity (Wildman–Crippen MR) is 108 cm³/mol. The van der Waals surface area contributed by atoms with E-state index in [4.69, 9.17) is 10.3 Å². The lowest BCUT2D eigenvalue weighted by Crippen LogP contribution is -2.25. The van der Waals surface area contributed by atoms with E-state index in [0.29, 0.717) is 29.1 Å². The molecule has 0 aliphatic rings. The molecule has 1 atom stereocenters. The first-order chi connectivity index (χ1) is 13.4. The fraction of sp³-hybridized carbons (Fsp3) is 0.263. The molecular weight excluding hydrogens is 378 g/mol. The van der Waals surface area contributed by atoms with Crippen LogP contribution >= 0.6 is 11.8 Å². The highest BCUT2D eigenvalue weighted by molar-refractivity contribution is 8.00. The number of amides is 1. The minimum Gasteiger partial charge on any atom is -0.385 e. The molecule has 146 valence electrons. The molecule has 0 radical (unpaired) electrons. The van der Waals surface area contributed by atoms with Crippen LogP contribution in [0.5, 0.6) is 0 Å². The number of carbonyl (C=O) groups excluding carboxylic acids is 1. The first-order valence-corrected chi connectivity index (χ1v) is 9.62. The second-order valence-electron chi connectivity index (χ2n) is 6.26. The Kier molecular flexibility index (Phi) is 6.15. The van der Waals surface area contributed by atoms with Crippen LogP contribution in [0.4, 0.5) is 11.6 Å². The summed E-state index contributed by atoms with van der Waals surface area (Å²) in [6.07, 6.45) is 0.724. The second kappa shape index (κ2) is 8.75. The minimum absolute atomic E-state index is 0.274. The summed E-state index contributed by atoms with van der Waals surface area (Å²) in [5, 5.41) is 6.31. The van der Waals surface area contributed by atoms with Gasteiger partial charge in [0.1, 0.15) is 11.6 Å². The molecule has 28 heavy (non-hydrogen) atoms. The van der Waals surface area contributed by atoms with Gasteiger partial charge in [0.15, 0.2) is 11.0 Å². The average Bonchev–Trinajstić information content (AvgIpc) is 3.06. The van der Waals surface area contributed by atoms with E-state index in [2.05, 4.69) is 15.5 Å². The number of nitrogens with two attached hydrogens (primary N) is 1. The number of benzene rings is 1. The summed E-state index contributed by atoms with van der Waals surface area (Å²) in [5.41, 5.74) is 6.76. The molecule has 3 aromatic rings. The zero-order valence-electron chi connectivity index (χ0n) is 15.6. The third-order valence-electron chi connectivity index (χ3n) is 4.02. The van der Waals surface area contributed by atoms with E-state index in [1.165, 1.54) is 17.8 Å². The summed E-state index contributed by atoms with van der Waals surface area (Å²) < 4.78 is 6.70. The lowest BCUT2D eigenvalue weighted by atomic mass is 10.1. The molecule has 0 saturated heterocycles. The summed E-state index contributed by atoms with van der Waals surface area (Å²) in [5.74, 6) is 0.988. The molecule has 2 aromatic heterocycles. The van der Waals surface area contributed by atoms with Crippen molar-refractivity contribution < 1.29 is 9.32 Å². The average molecular weight is 399 g/mol. The number of hydrogen-bond donors (Lipinski definition) is 2. The van der Waals surface area contributed by atoms with Gasteiger partial charge in [0.2, 0.25) is 5.91 Å². The molecule has 1 amide bonds. The number of nitrogens with zero attached hydrogens (tertiary/aromatic N) is 3. The van der Waals surface area contributed by atoms with E-state index in [-0.39, 0.29) is 5.91 Å². The number of rotatable bonds is 7. The monoisotopic (exact) mass is 399 g/mol. The Morgan fingerprint density at radius 3 is 2.75 bits per heavy atom. The van der Waals surface area contributed by atoms with E-state index < -0.39 is 10.8 Å². The molecule has 0 fully saturated rings. The summed E-state index contributed by atoms with van der Waals surface area (Å²) in [6, 6.07) is 12.9. The molecule has 3 rings (SSSR count). The molecule has 0 aliphatic heterocycles. The Labute approximate surface area is 166 Å². The zero-order chi connectivity index (χ0) is 20.1. The van der Waals surface area contributed by atoms with Crippen LogP contribution in [-0.4, -0.2) is 25.9 Å². The van der Waals surface area contributed by atoms with Gasteiger partial charge in [-0.2, -0.15) is 4.98 Å². The maximum atomic E-state index is 12.4. The lowest BCUT2D eigenvalue weighted by Gasteiger charge is -2.17. The van der Waals surface area contributed by atoms with Crippen molar-refractivity contribution in [2.24, 2.45) is 0 Å². The van der Waals surface area contributed by atoms with Gasteiger partial charge in [0, 0.05) is 18.7 Å². The van der Waals surface area contributed by atoms with Gasteiger partial charge in [-0.25, -0.2) is 0 Å². The van der Waals surface area contributed by atoms with Gasteiger partial charge in [-0.1, -0.05) is 47.3 Å². The fourth-order valence-corrected chi connectivity index (χ4v) is 3.52. The van der Waals surface area contributed by atoms with Crippen molar-refractivity contribution in [3.63, 3.8) is 0 Å².